The molecule has 4 atom stereocenters. The number of amides is 1. The van der Waals surface area contributed by atoms with Gasteiger partial charge in [0.25, 0.3) is 0 Å². The van der Waals surface area contributed by atoms with Crippen molar-refractivity contribution in [3.63, 3.8) is 0 Å². The molecule has 8 nitrogen and oxygen atoms in total. The van der Waals surface area contributed by atoms with Gasteiger partial charge in [-0.1, -0.05) is 24.3 Å². The molecule has 0 radical (unpaired) electrons. The summed E-state index contributed by atoms with van der Waals surface area (Å²) >= 11 is 0. The number of hydrogen-bond acceptors (Lipinski definition) is 7. The molecule has 2 heterocycles. The maximum absolute atomic E-state index is 13.0. The quantitative estimate of drug-likeness (QED) is 0.340. The van der Waals surface area contributed by atoms with Gasteiger partial charge in [-0.15, -0.1) is 0 Å². The molecule has 0 aromatic heterocycles. The second kappa shape index (κ2) is 16.8. The van der Waals surface area contributed by atoms with Crippen molar-refractivity contribution in [2.75, 3.05) is 34.4 Å². The van der Waals surface area contributed by atoms with Gasteiger partial charge in [0.15, 0.2) is 0 Å². The summed E-state index contributed by atoms with van der Waals surface area (Å²) in [6.45, 7) is 1.33. The van der Waals surface area contributed by atoms with Gasteiger partial charge in [-0.3, -0.25) is 9.59 Å². The van der Waals surface area contributed by atoms with Gasteiger partial charge in [0.1, 0.15) is 11.6 Å². The molecule has 0 bridgehead atoms. The van der Waals surface area contributed by atoms with Gasteiger partial charge in [0, 0.05) is 18.6 Å². The Kier molecular flexibility index (Phi) is 13.2. The first-order valence-electron chi connectivity index (χ1n) is 14.5. The normalized spacial score (nSPS) is 21.9. The van der Waals surface area contributed by atoms with Crippen molar-refractivity contribution in [2.45, 2.75) is 63.5 Å². The third-order valence-electron chi connectivity index (χ3n) is 8.06. The minimum Gasteiger partial charge on any atom is -0.469 e. The zero-order valence-corrected chi connectivity index (χ0v) is 24.7. The smallest absolute Gasteiger partial charge is 0.409 e. The molecule has 1 amide bonds. The molecule has 2 saturated heterocycles. The van der Waals surface area contributed by atoms with E-state index in [-0.39, 0.29) is 47.5 Å². The lowest BCUT2D eigenvalue weighted by Crippen LogP contribution is -2.47. The number of nitrogens with zero attached hydrogens (tertiary/aromatic N) is 1. The Balaban J connectivity index is 0.000000235. The number of likely N-dealkylation sites (tertiary alicyclic amines) is 1. The molecule has 2 aliphatic rings. The third-order valence-corrected chi connectivity index (χ3v) is 8.06. The number of halogens is 2. The number of aryl methyl sites for hydroxylation is 2. The molecule has 2 aliphatic heterocycles. The Labute approximate surface area is 246 Å². The van der Waals surface area contributed by atoms with Crippen molar-refractivity contribution in [1.29, 1.82) is 0 Å². The molecular weight excluding hydrogens is 546 g/mol. The van der Waals surface area contributed by atoms with Gasteiger partial charge in [0.05, 0.1) is 33.2 Å². The third kappa shape index (κ3) is 10.1. The monoisotopic (exact) mass is 588 g/mol. The Hall–Kier alpha value is -3.53. The van der Waals surface area contributed by atoms with Crippen LogP contribution in [0.5, 0.6) is 0 Å². The van der Waals surface area contributed by atoms with E-state index in [9.17, 15) is 23.2 Å². The molecule has 0 aliphatic carbocycles. The maximum atomic E-state index is 13.0. The fraction of sp³-hybridized carbons (Fsp3) is 0.531. The Morgan fingerprint density at radius 1 is 0.762 bits per heavy atom. The van der Waals surface area contributed by atoms with Crippen LogP contribution in [0.15, 0.2) is 48.5 Å². The molecule has 2 fully saturated rings. The highest BCUT2D eigenvalue weighted by molar-refractivity contribution is 5.74. The summed E-state index contributed by atoms with van der Waals surface area (Å²) in [4.78, 5) is 36.9. The van der Waals surface area contributed by atoms with Crippen LogP contribution in [-0.4, -0.2) is 69.4 Å². The number of carbonyl (C=O) groups is 3. The van der Waals surface area contributed by atoms with Gasteiger partial charge >= 0.3 is 18.0 Å². The number of piperidine rings is 2. The number of hydrogen-bond donors (Lipinski definition) is 1. The summed E-state index contributed by atoms with van der Waals surface area (Å²) in [5.74, 6) is -0.989. The lowest BCUT2D eigenvalue weighted by molar-refractivity contribution is -0.148. The number of nitrogens with one attached hydrogen (secondary N) is 1. The van der Waals surface area contributed by atoms with Crippen LogP contribution in [-0.2, 0) is 36.6 Å². The fourth-order valence-electron chi connectivity index (χ4n) is 5.65. The van der Waals surface area contributed by atoms with Crippen LogP contribution in [0, 0.1) is 23.5 Å². The van der Waals surface area contributed by atoms with Crippen molar-refractivity contribution < 1.29 is 37.4 Å². The summed E-state index contributed by atoms with van der Waals surface area (Å²) in [7, 11) is 4.17. The lowest BCUT2D eigenvalue weighted by Gasteiger charge is -2.37. The first-order chi connectivity index (χ1) is 20.2. The van der Waals surface area contributed by atoms with E-state index in [1.165, 1.54) is 45.6 Å². The van der Waals surface area contributed by atoms with E-state index in [0.717, 1.165) is 43.4 Å². The molecule has 1 N–H and O–H groups in total. The number of carbonyl (C=O) groups excluding carboxylic acids is 3. The van der Waals surface area contributed by atoms with Crippen molar-refractivity contribution in [3.05, 3.63) is 71.3 Å². The largest absolute Gasteiger partial charge is 0.469 e. The molecule has 2 aromatic carbocycles. The van der Waals surface area contributed by atoms with Crippen LogP contribution >= 0.6 is 0 Å². The molecule has 10 heteroatoms. The first-order valence-corrected chi connectivity index (χ1v) is 14.5. The van der Waals surface area contributed by atoms with E-state index >= 15 is 0 Å². The van der Waals surface area contributed by atoms with Crippen molar-refractivity contribution in [2.24, 2.45) is 11.8 Å². The Bertz CT molecular complexity index is 1140. The van der Waals surface area contributed by atoms with Crippen LogP contribution in [0.3, 0.4) is 0 Å². The Morgan fingerprint density at radius 2 is 1.29 bits per heavy atom. The lowest BCUT2D eigenvalue weighted by atomic mass is 9.88. The van der Waals surface area contributed by atoms with Crippen LogP contribution in [0.25, 0.3) is 0 Å². The highest BCUT2D eigenvalue weighted by Gasteiger charge is 2.35. The average Bonchev–Trinajstić information content (AvgIpc) is 3.03. The fourth-order valence-corrected chi connectivity index (χ4v) is 5.65. The number of methoxy groups -OCH3 is 3. The molecule has 2 aromatic rings. The molecule has 0 spiro atoms. The standard InChI is InChI=1S/C17H22FNO4.C15H20FNO2/c1-22-16(20)13-9-10-19(17(21)23-2)15(11-13)8-5-12-3-6-14(18)7-4-12;1-19-15(18)12-8-9-17-14(10-12)7-4-11-2-5-13(16)6-3-11/h3-4,6-7,13,15H,5,8-11H2,1-2H3;2-3,5-6,12,14,17H,4,7-10H2,1H3. The van der Waals surface area contributed by atoms with E-state index in [0.29, 0.717) is 38.3 Å². The molecular formula is C32H42F2N2O6. The highest BCUT2D eigenvalue weighted by atomic mass is 19.1. The molecule has 230 valence electrons. The van der Waals surface area contributed by atoms with E-state index in [2.05, 4.69) is 5.32 Å². The van der Waals surface area contributed by atoms with Crippen molar-refractivity contribution >= 4 is 18.0 Å². The number of rotatable bonds is 8. The topological polar surface area (TPSA) is 94.2 Å². The summed E-state index contributed by atoms with van der Waals surface area (Å²) in [6.07, 6.45) is 5.68. The van der Waals surface area contributed by atoms with Crippen molar-refractivity contribution in [1.82, 2.24) is 10.2 Å². The van der Waals surface area contributed by atoms with E-state index in [1.54, 1.807) is 17.0 Å². The zero-order chi connectivity index (χ0) is 30.5. The van der Waals surface area contributed by atoms with Gasteiger partial charge in [-0.2, -0.15) is 0 Å². The van der Waals surface area contributed by atoms with Crippen LogP contribution in [0.1, 0.15) is 49.7 Å². The van der Waals surface area contributed by atoms with Crippen LogP contribution in [0.4, 0.5) is 13.6 Å². The number of esters is 2. The minimum atomic E-state index is -0.377. The molecule has 42 heavy (non-hydrogen) atoms. The first kappa shape index (κ1) is 33.0. The Morgan fingerprint density at radius 3 is 1.81 bits per heavy atom. The SMILES string of the molecule is COC(=O)C1CCN(C(=O)OC)C(CCc2ccc(F)cc2)C1.COC(=O)C1CCNC(CCc2ccc(F)cc2)C1. The van der Waals surface area contributed by atoms with Crippen molar-refractivity contribution in [3.8, 4) is 0 Å². The van der Waals surface area contributed by atoms with Crippen LogP contribution < -0.4 is 5.32 Å². The number of ether oxygens (including phenoxy) is 3. The molecule has 4 unspecified atom stereocenters. The maximum Gasteiger partial charge on any atom is 0.409 e. The minimum absolute atomic E-state index is 0.0180. The predicted molar refractivity (Wildman–Crippen MR) is 154 cm³/mol. The summed E-state index contributed by atoms with van der Waals surface area (Å²) in [6, 6.07) is 13.2. The van der Waals surface area contributed by atoms with E-state index < -0.39 is 0 Å². The van der Waals surface area contributed by atoms with Gasteiger partial charge < -0.3 is 24.4 Å². The van der Waals surface area contributed by atoms with E-state index in [1.807, 2.05) is 12.1 Å². The molecule has 0 saturated carbocycles. The van der Waals surface area contributed by atoms with Crippen LogP contribution in [0.2, 0.25) is 0 Å². The number of benzene rings is 2. The van der Waals surface area contributed by atoms with E-state index in [4.69, 9.17) is 14.2 Å². The molecule has 4 rings (SSSR count). The second-order valence-corrected chi connectivity index (χ2v) is 10.8. The predicted octanol–water partition coefficient (Wildman–Crippen LogP) is 5.08. The van der Waals surface area contributed by atoms with Gasteiger partial charge in [-0.25, -0.2) is 13.6 Å². The second-order valence-electron chi connectivity index (χ2n) is 10.8. The summed E-state index contributed by atoms with van der Waals surface area (Å²) in [5, 5.41) is 3.43. The van der Waals surface area contributed by atoms with Gasteiger partial charge in [-0.05, 0) is 93.3 Å². The highest BCUT2D eigenvalue weighted by Crippen LogP contribution is 2.28. The zero-order valence-electron chi connectivity index (χ0n) is 24.7. The summed E-state index contributed by atoms with van der Waals surface area (Å²) in [5.41, 5.74) is 2.12. The summed E-state index contributed by atoms with van der Waals surface area (Å²) < 4.78 is 40.2. The van der Waals surface area contributed by atoms with Gasteiger partial charge in [0.2, 0.25) is 0 Å². The average molecular weight is 589 g/mol.